The van der Waals surface area contributed by atoms with Gasteiger partial charge in [-0.2, -0.15) is 0 Å². The molecule has 6 heteroatoms. The Balaban J connectivity index is 0.00000162. The highest BCUT2D eigenvalue weighted by Crippen LogP contribution is 2.15. The second kappa shape index (κ2) is 7.07. The number of amides is 1. The molecular weight excluding hydrogens is 323 g/mol. The fraction of sp³-hybridized carbons (Fsp3) is 0.417. The van der Waals surface area contributed by atoms with Crippen LogP contribution in [0.15, 0.2) is 22.7 Å². The van der Waals surface area contributed by atoms with Crippen molar-refractivity contribution in [2.75, 3.05) is 19.6 Å². The summed E-state index contributed by atoms with van der Waals surface area (Å²) in [5.74, 6) is -0.0886. The van der Waals surface area contributed by atoms with Gasteiger partial charge in [-0.1, -0.05) is 15.9 Å². The molecule has 0 saturated carbocycles. The summed E-state index contributed by atoms with van der Waals surface area (Å²) in [6, 6.07) is 4.83. The van der Waals surface area contributed by atoms with Crippen LogP contribution < -0.4 is 10.6 Å². The summed E-state index contributed by atoms with van der Waals surface area (Å²) in [6.45, 7) is 1.97. The van der Waals surface area contributed by atoms with Crippen molar-refractivity contribution in [2.24, 2.45) is 5.92 Å². The van der Waals surface area contributed by atoms with E-state index in [1.165, 1.54) is 6.07 Å². The van der Waals surface area contributed by atoms with Crippen molar-refractivity contribution in [1.29, 1.82) is 0 Å². The Morgan fingerprint density at radius 1 is 1.50 bits per heavy atom. The van der Waals surface area contributed by atoms with E-state index in [1.807, 2.05) is 0 Å². The number of hydrogen-bond acceptors (Lipinski definition) is 2. The molecule has 3 nitrogen and oxygen atoms in total. The fourth-order valence-electron chi connectivity index (χ4n) is 1.67. The van der Waals surface area contributed by atoms with E-state index in [-0.39, 0.29) is 30.0 Å². The lowest BCUT2D eigenvalue weighted by Crippen LogP contribution is -2.51. The summed E-state index contributed by atoms with van der Waals surface area (Å²) in [7, 11) is 0. The number of hydrogen-bond donors (Lipinski definition) is 2. The molecule has 1 saturated heterocycles. The summed E-state index contributed by atoms with van der Waals surface area (Å²) in [5.41, 5.74) is 0.617. The van der Waals surface area contributed by atoms with Gasteiger partial charge in [0.1, 0.15) is 5.82 Å². The molecule has 0 bridgehead atoms. The van der Waals surface area contributed by atoms with Crippen molar-refractivity contribution < 1.29 is 9.18 Å². The molecule has 18 heavy (non-hydrogen) atoms. The SMILES string of the molecule is Cl.O=C(NCCc1cc(Br)ccc1F)C1CNC1. The Morgan fingerprint density at radius 2 is 2.22 bits per heavy atom. The minimum absolute atomic E-state index is 0. The summed E-state index contributed by atoms with van der Waals surface area (Å²) in [6.07, 6.45) is 0.511. The minimum Gasteiger partial charge on any atom is -0.355 e. The standard InChI is InChI=1S/C12H14BrFN2O.ClH/c13-10-1-2-11(14)8(5-10)3-4-16-12(17)9-6-15-7-9;/h1-2,5,9,15H,3-4,6-7H2,(H,16,17);1H. The third kappa shape index (κ3) is 3.93. The van der Waals surface area contributed by atoms with E-state index in [1.54, 1.807) is 12.1 Å². The molecule has 1 amide bonds. The highest BCUT2D eigenvalue weighted by Gasteiger charge is 2.24. The van der Waals surface area contributed by atoms with Gasteiger partial charge in [-0.3, -0.25) is 4.79 Å². The molecule has 0 aliphatic carbocycles. The molecule has 1 heterocycles. The third-order valence-electron chi connectivity index (χ3n) is 2.85. The maximum atomic E-state index is 13.4. The molecule has 0 unspecified atom stereocenters. The van der Waals surface area contributed by atoms with E-state index in [0.29, 0.717) is 18.5 Å². The molecule has 1 aliphatic rings. The lowest BCUT2D eigenvalue weighted by molar-refractivity contribution is -0.126. The molecule has 1 aromatic rings. The van der Waals surface area contributed by atoms with Crippen LogP contribution in [0.1, 0.15) is 5.56 Å². The van der Waals surface area contributed by atoms with Crippen LogP contribution in [0, 0.1) is 11.7 Å². The summed E-state index contributed by atoms with van der Waals surface area (Å²) < 4.78 is 14.2. The highest BCUT2D eigenvalue weighted by molar-refractivity contribution is 9.10. The van der Waals surface area contributed by atoms with Crippen LogP contribution in [0.25, 0.3) is 0 Å². The second-order valence-electron chi connectivity index (χ2n) is 4.13. The number of rotatable bonds is 4. The molecule has 1 aliphatic heterocycles. The Labute approximate surface area is 120 Å². The maximum Gasteiger partial charge on any atom is 0.225 e. The van der Waals surface area contributed by atoms with Gasteiger partial charge < -0.3 is 10.6 Å². The molecule has 1 aromatic carbocycles. The first kappa shape index (κ1) is 15.4. The van der Waals surface area contributed by atoms with Gasteiger partial charge in [-0.15, -0.1) is 12.4 Å². The topological polar surface area (TPSA) is 41.1 Å². The molecule has 0 radical (unpaired) electrons. The van der Waals surface area contributed by atoms with Crippen LogP contribution in [0.3, 0.4) is 0 Å². The lowest BCUT2D eigenvalue weighted by Gasteiger charge is -2.25. The zero-order chi connectivity index (χ0) is 12.3. The quantitative estimate of drug-likeness (QED) is 0.881. The van der Waals surface area contributed by atoms with Gasteiger partial charge in [0.15, 0.2) is 0 Å². The molecule has 100 valence electrons. The van der Waals surface area contributed by atoms with Crippen molar-refractivity contribution in [1.82, 2.24) is 10.6 Å². The summed E-state index contributed by atoms with van der Waals surface area (Å²) >= 11 is 3.30. The van der Waals surface area contributed by atoms with Crippen LogP contribution in [-0.2, 0) is 11.2 Å². The third-order valence-corrected chi connectivity index (χ3v) is 3.35. The predicted octanol–water partition coefficient (Wildman–Crippen LogP) is 1.89. The number of carbonyl (C=O) groups excluding carboxylic acids is 1. The van der Waals surface area contributed by atoms with Crippen molar-refractivity contribution in [2.45, 2.75) is 6.42 Å². The van der Waals surface area contributed by atoms with E-state index in [0.717, 1.165) is 17.6 Å². The first-order valence-corrected chi connectivity index (χ1v) is 6.38. The van der Waals surface area contributed by atoms with Crippen molar-refractivity contribution in [3.05, 3.63) is 34.1 Å². The molecule has 0 aromatic heterocycles. The van der Waals surface area contributed by atoms with Crippen molar-refractivity contribution in [3.63, 3.8) is 0 Å². The van der Waals surface area contributed by atoms with Crippen molar-refractivity contribution in [3.8, 4) is 0 Å². The van der Waals surface area contributed by atoms with E-state index in [4.69, 9.17) is 0 Å². The summed E-state index contributed by atoms with van der Waals surface area (Å²) in [4.78, 5) is 11.5. The average Bonchev–Trinajstić information content (AvgIpc) is 2.20. The molecule has 2 N–H and O–H groups in total. The smallest absolute Gasteiger partial charge is 0.225 e. The van der Waals surface area contributed by atoms with Crippen LogP contribution >= 0.6 is 28.3 Å². The van der Waals surface area contributed by atoms with Gasteiger partial charge in [0, 0.05) is 24.1 Å². The molecule has 2 rings (SSSR count). The lowest BCUT2D eigenvalue weighted by atomic mass is 10.0. The Bertz CT molecular complexity index is 427. The second-order valence-corrected chi connectivity index (χ2v) is 5.05. The number of nitrogens with one attached hydrogen (secondary N) is 2. The van der Waals surface area contributed by atoms with Crippen LogP contribution in [-0.4, -0.2) is 25.5 Å². The first-order valence-electron chi connectivity index (χ1n) is 5.59. The van der Waals surface area contributed by atoms with Gasteiger partial charge in [-0.05, 0) is 30.2 Å². The maximum absolute atomic E-state index is 13.4. The van der Waals surface area contributed by atoms with E-state index < -0.39 is 0 Å². The largest absolute Gasteiger partial charge is 0.355 e. The Morgan fingerprint density at radius 3 is 2.83 bits per heavy atom. The minimum atomic E-state index is -0.229. The number of halogens is 3. The zero-order valence-electron chi connectivity index (χ0n) is 9.71. The van der Waals surface area contributed by atoms with Gasteiger partial charge in [-0.25, -0.2) is 4.39 Å². The zero-order valence-corrected chi connectivity index (χ0v) is 12.1. The van der Waals surface area contributed by atoms with E-state index in [2.05, 4.69) is 26.6 Å². The van der Waals surface area contributed by atoms with E-state index >= 15 is 0 Å². The van der Waals surface area contributed by atoms with E-state index in [9.17, 15) is 9.18 Å². The van der Waals surface area contributed by atoms with Gasteiger partial charge >= 0.3 is 0 Å². The Kier molecular flexibility index (Phi) is 6.05. The Hall–Kier alpha value is -0.650. The fourth-order valence-corrected chi connectivity index (χ4v) is 2.08. The first-order chi connectivity index (χ1) is 8.16. The monoisotopic (exact) mass is 336 g/mol. The van der Waals surface area contributed by atoms with Crippen LogP contribution in [0.4, 0.5) is 4.39 Å². The van der Waals surface area contributed by atoms with Gasteiger partial charge in [0.2, 0.25) is 5.91 Å². The predicted molar refractivity (Wildman–Crippen MR) is 74.4 cm³/mol. The molecule has 1 fully saturated rings. The van der Waals surface area contributed by atoms with Crippen LogP contribution in [0.5, 0.6) is 0 Å². The number of benzene rings is 1. The average molecular weight is 338 g/mol. The van der Waals surface area contributed by atoms with Crippen LogP contribution in [0.2, 0.25) is 0 Å². The van der Waals surface area contributed by atoms with Crippen molar-refractivity contribution >= 4 is 34.2 Å². The van der Waals surface area contributed by atoms with Gasteiger partial charge in [0.25, 0.3) is 0 Å². The molecule has 0 atom stereocenters. The molecular formula is C12H15BrClFN2O. The highest BCUT2D eigenvalue weighted by atomic mass is 79.9. The normalized spacial score (nSPS) is 14.6. The number of carbonyl (C=O) groups is 1. The molecule has 0 spiro atoms. The van der Waals surface area contributed by atoms with Gasteiger partial charge in [0.05, 0.1) is 5.92 Å². The summed E-state index contributed by atoms with van der Waals surface area (Å²) in [5, 5.41) is 5.86.